The van der Waals surface area contributed by atoms with Crippen molar-refractivity contribution in [2.45, 2.75) is 44.7 Å². The van der Waals surface area contributed by atoms with E-state index in [4.69, 9.17) is 0 Å². The molecule has 26 heavy (non-hydrogen) atoms. The van der Waals surface area contributed by atoms with E-state index in [0.29, 0.717) is 11.7 Å². The Morgan fingerprint density at radius 3 is 2.54 bits per heavy atom. The van der Waals surface area contributed by atoms with E-state index in [1.165, 1.54) is 24.1 Å². The van der Waals surface area contributed by atoms with Gasteiger partial charge in [0, 0.05) is 37.6 Å². The van der Waals surface area contributed by atoms with E-state index >= 15 is 0 Å². The van der Waals surface area contributed by atoms with Gasteiger partial charge in [0.1, 0.15) is 11.8 Å². The smallest absolute Gasteiger partial charge is 0.140 e. The van der Waals surface area contributed by atoms with Crippen molar-refractivity contribution in [3.8, 4) is 6.07 Å². The van der Waals surface area contributed by atoms with Crippen LogP contribution in [0.25, 0.3) is 0 Å². The molecule has 1 fully saturated rings. The van der Waals surface area contributed by atoms with Gasteiger partial charge < -0.3 is 4.90 Å². The number of rotatable bonds is 3. The predicted octanol–water partition coefficient (Wildman–Crippen LogP) is 3.72. The van der Waals surface area contributed by atoms with E-state index in [1.807, 2.05) is 6.07 Å². The van der Waals surface area contributed by atoms with E-state index in [-0.39, 0.29) is 5.41 Å². The van der Waals surface area contributed by atoms with Crippen molar-refractivity contribution < 1.29 is 0 Å². The molecule has 3 heterocycles. The molecule has 0 atom stereocenters. The van der Waals surface area contributed by atoms with Crippen LogP contribution in [0.2, 0.25) is 0 Å². The Kier molecular flexibility index (Phi) is 4.42. The minimum absolute atomic E-state index is 0.00334. The van der Waals surface area contributed by atoms with Crippen LogP contribution in [0.1, 0.15) is 43.6 Å². The van der Waals surface area contributed by atoms with Gasteiger partial charge in [-0.05, 0) is 30.5 Å². The quantitative estimate of drug-likeness (QED) is 0.850. The molecule has 1 saturated heterocycles. The molecule has 0 aliphatic carbocycles. The Hall–Kier alpha value is -2.38. The molecule has 2 aromatic rings. The highest BCUT2D eigenvalue weighted by Crippen LogP contribution is 2.41. The molecule has 0 unspecified atom stereocenters. The van der Waals surface area contributed by atoms with Crippen molar-refractivity contribution >= 4 is 5.69 Å². The highest BCUT2D eigenvalue weighted by Gasteiger charge is 2.40. The first-order valence-electron chi connectivity index (χ1n) is 9.51. The van der Waals surface area contributed by atoms with Crippen LogP contribution in [0, 0.1) is 11.3 Å². The van der Waals surface area contributed by atoms with Gasteiger partial charge in [-0.2, -0.15) is 5.26 Å². The predicted molar refractivity (Wildman–Crippen MR) is 104 cm³/mol. The number of nitrogens with zero attached hydrogens (tertiary/aromatic N) is 4. The van der Waals surface area contributed by atoms with Gasteiger partial charge in [-0.3, -0.25) is 4.90 Å². The summed E-state index contributed by atoms with van der Waals surface area (Å²) in [6.45, 7) is 8.79. The van der Waals surface area contributed by atoms with Crippen molar-refractivity contribution in [1.29, 1.82) is 5.26 Å². The lowest BCUT2D eigenvalue weighted by Crippen LogP contribution is -2.45. The van der Waals surface area contributed by atoms with Crippen LogP contribution in [0.5, 0.6) is 0 Å². The van der Waals surface area contributed by atoms with E-state index in [1.54, 1.807) is 0 Å². The lowest BCUT2D eigenvalue weighted by atomic mass is 9.91. The molecule has 1 aromatic carbocycles. The Morgan fingerprint density at radius 1 is 1.12 bits per heavy atom. The van der Waals surface area contributed by atoms with Gasteiger partial charge in [-0.15, -0.1) is 0 Å². The fraction of sp³-hybridized carbons (Fsp3) is 0.455. The molecule has 2 aliphatic heterocycles. The minimum atomic E-state index is 0.00334. The van der Waals surface area contributed by atoms with Gasteiger partial charge in [0.25, 0.3) is 0 Å². The topological polar surface area (TPSA) is 43.2 Å². The second-order valence-corrected chi connectivity index (χ2v) is 8.18. The van der Waals surface area contributed by atoms with Crippen LogP contribution in [0.3, 0.4) is 0 Å². The zero-order chi connectivity index (χ0) is 18.1. The zero-order valence-corrected chi connectivity index (χ0v) is 15.7. The lowest BCUT2D eigenvalue weighted by Gasteiger charge is -2.38. The molecule has 0 spiro atoms. The Bertz CT molecular complexity index is 814. The summed E-state index contributed by atoms with van der Waals surface area (Å²) in [5.74, 6) is 0. The van der Waals surface area contributed by atoms with Crippen molar-refractivity contribution in [1.82, 2.24) is 9.88 Å². The van der Waals surface area contributed by atoms with Crippen LogP contribution in [0.4, 0.5) is 5.69 Å². The molecule has 0 radical (unpaired) electrons. The number of aromatic nitrogens is 1. The molecule has 0 saturated carbocycles. The fourth-order valence-electron chi connectivity index (χ4n) is 4.39. The molecule has 134 valence electrons. The average Bonchev–Trinajstić information content (AvgIpc) is 2.94. The van der Waals surface area contributed by atoms with Crippen molar-refractivity contribution in [2.24, 2.45) is 0 Å². The first kappa shape index (κ1) is 17.1. The second-order valence-electron chi connectivity index (χ2n) is 8.18. The van der Waals surface area contributed by atoms with Gasteiger partial charge in [-0.25, -0.2) is 4.98 Å². The van der Waals surface area contributed by atoms with Crippen molar-refractivity contribution in [2.75, 3.05) is 24.5 Å². The number of likely N-dealkylation sites (tertiary alicyclic amines) is 1. The monoisotopic (exact) mass is 346 g/mol. The summed E-state index contributed by atoms with van der Waals surface area (Å²) in [6.07, 6.45) is 2.37. The van der Waals surface area contributed by atoms with Crippen LogP contribution in [0.15, 0.2) is 42.5 Å². The molecule has 4 nitrogen and oxygen atoms in total. The third-order valence-electron chi connectivity index (χ3n) is 5.75. The van der Waals surface area contributed by atoms with Crippen LogP contribution < -0.4 is 4.90 Å². The van der Waals surface area contributed by atoms with Gasteiger partial charge in [0.15, 0.2) is 0 Å². The summed E-state index contributed by atoms with van der Waals surface area (Å²) >= 11 is 0. The van der Waals surface area contributed by atoms with Crippen LogP contribution >= 0.6 is 0 Å². The number of anilines is 1. The van der Waals surface area contributed by atoms with E-state index < -0.39 is 0 Å². The maximum Gasteiger partial charge on any atom is 0.140 e. The molecule has 4 heteroatoms. The number of fused-ring (bicyclic) bond motifs is 1. The molecular formula is C22H26N4. The fourth-order valence-corrected chi connectivity index (χ4v) is 4.39. The summed E-state index contributed by atoms with van der Waals surface area (Å²) in [5.41, 5.74) is 4.24. The first-order valence-corrected chi connectivity index (χ1v) is 9.51. The van der Waals surface area contributed by atoms with Gasteiger partial charge in [0.2, 0.25) is 0 Å². The van der Waals surface area contributed by atoms with E-state index in [0.717, 1.165) is 31.9 Å². The second kappa shape index (κ2) is 6.74. The molecular weight excluding hydrogens is 320 g/mol. The maximum absolute atomic E-state index is 9.17. The van der Waals surface area contributed by atoms with E-state index in [9.17, 15) is 5.26 Å². The third-order valence-corrected chi connectivity index (χ3v) is 5.75. The molecule has 0 N–H and O–H groups in total. The number of hydrogen-bond acceptors (Lipinski definition) is 4. The molecule has 1 aromatic heterocycles. The average molecular weight is 346 g/mol. The maximum atomic E-state index is 9.17. The van der Waals surface area contributed by atoms with Gasteiger partial charge >= 0.3 is 0 Å². The summed E-state index contributed by atoms with van der Waals surface area (Å²) in [6, 6.07) is 17.4. The SMILES string of the molecule is CC1(C)CN(C2CCN(Cc3ccccc3)CC2)c2ccc(C#N)nc21. The molecule has 0 bridgehead atoms. The summed E-state index contributed by atoms with van der Waals surface area (Å²) < 4.78 is 0. The zero-order valence-electron chi connectivity index (χ0n) is 15.7. The van der Waals surface area contributed by atoms with Crippen LogP contribution in [-0.4, -0.2) is 35.6 Å². The minimum Gasteiger partial charge on any atom is -0.366 e. The number of pyridine rings is 1. The number of hydrogen-bond donors (Lipinski definition) is 0. The summed E-state index contributed by atoms with van der Waals surface area (Å²) in [4.78, 5) is 9.73. The highest BCUT2D eigenvalue weighted by atomic mass is 15.2. The Balaban J connectivity index is 1.45. The van der Waals surface area contributed by atoms with Crippen molar-refractivity contribution in [3.05, 3.63) is 59.4 Å². The normalized spacial score (nSPS) is 20.0. The standard InChI is InChI=1S/C22H26N4/c1-22(2)16-26(20-9-8-18(14-23)24-21(20)22)19-10-12-25(13-11-19)15-17-6-4-3-5-7-17/h3-9,19H,10-13,15-16H2,1-2H3. The Morgan fingerprint density at radius 2 is 1.85 bits per heavy atom. The largest absolute Gasteiger partial charge is 0.366 e. The summed E-state index contributed by atoms with van der Waals surface area (Å²) in [7, 11) is 0. The first-order chi connectivity index (χ1) is 12.6. The van der Waals surface area contributed by atoms with Crippen molar-refractivity contribution in [3.63, 3.8) is 0 Å². The third kappa shape index (κ3) is 3.20. The van der Waals surface area contributed by atoms with Crippen LogP contribution in [-0.2, 0) is 12.0 Å². The summed E-state index contributed by atoms with van der Waals surface area (Å²) in [5, 5.41) is 9.17. The van der Waals surface area contributed by atoms with Gasteiger partial charge in [-0.1, -0.05) is 44.2 Å². The molecule has 4 rings (SSSR count). The van der Waals surface area contributed by atoms with Gasteiger partial charge in [0.05, 0.1) is 11.4 Å². The van der Waals surface area contributed by atoms with E-state index in [2.05, 4.69) is 71.1 Å². The number of piperidine rings is 1. The molecule has 0 amide bonds. The highest BCUT2D eigenvalue weighted by molar-refractivity contribution is 5.61. The number of nitriles is 1. The Labute approximate surface area is 156 Å². The molecule has 2 aliphatic rings. The lowest BCUT2D eigenvalue weighted by molar-refractivity contribution is 0.201. The number of benzene rings is 1.